The van der Waals surface area contributed by atoms with Crippen molar-refractivity contribution in [1.82, 2.24) is 10.2 Å². The number of amides is 3. The minimum absolute atomic E-state index is 0.133. The lowest BCUT2D eigenvalue weighted by atomic mass is 10.1. The number of carbonyl (C=O) groups is 3. The third kappa shape index (κ3) is 4.67. The van der Waals surface area contributed by atoms with Crippen LogP contribution in [0.25, 0.3) is 10.8 Å². The number of aryl methyl sites for hydroxylation is 1. The first-order chi connectivity index (χ1) is 16.0. The largest absolute Gasteiger partial charge is 0.350 e. The van der Waals surface area contributed by atoms with Gasteiger partial charge in [-0.1, -0.05) is 54.1 Å². The van der Waals surface area contributed by atoms with Gasteiger partial charge in [0, 0.05) is 23.0 Å². The lowest BCUT2D eigenvalue weighted by Gasteiger charge is -2.32. The van der Waals surface area contributed by atoms with E-state index in [4.69, 9.17) is 0 Å². The fourth-order valence-corrected chi connectivity index (χ4v) is 4.43. The molecule has 0 aromatic heterocycles. The van der Waals surface area contributed by atoms with Crippen molar-refractivity contribution < 1.29 is 14.4 Å². The zero-order chi connectivity index (χ0) is 24.6. The standard InChI is InChI=1S/C28H31N3O3/c1-18-9-6-10-20(15-18)16-30(19(2)26(33)29-28(3,4)5)24(32)17-31-23-14-8-12-21-11-7-13-22(25(21)23)27(31)34/h6-15,19H,16-17H2,1-5H3,(H,29,33)/t19-/m0/s1. The van der Waals surface area contributed by atoms with E-state index in [2.05, 4.69) is 5.32 Å². The third-order valence-electron chi connectivity index (χ3n) is 6.04. The van der Waals surface area contributed by atoms with Gasteiger partial charge in [-0.3, -0.25) is 19.3 Å². The second kappa shape index (κ2) is 8.93. The Hall–Kier alpha value is -3.67. The van der Waals surface area contributed by atoms with E-state index in [-0.39, 0.29) is 30.8 Å². The van der Waals surface area contributed by atoms with Crippen molar-refractivity contribution in [3.05, 3.63) is 77.4 Å². The monoisotopic (exact) mass is 457 g/mol. The van der Waals surface area contributed by atoms with E-state index < -0.39 is 11.6 Å². The SMILES string of the molecule is Cc1cccc(CN(C(=O)CN2C(=O)c3cccc4cccc2c34)[C@@H](C)C(=O)NC(C)(C)C)c1. The van der Waals surface area contributed by atoms with Crippen LogP contribution in [-0.4, -0.2) is 40.7 Å². The van der Waals surface area contributed by atoms with Gasteiger partial charge >= 0.3 is 0 Å². The molecule has 3 aromatic rings. The zero-order valence-electron chi connectivity index (χ0n) is 20.4. The zero-order valence-corrected chi connectivity index (χ0v) is 20.4. The normalized spacial score (nSPS) is 13.8. The Bertz CT molecular complexity index is 1270. The van der Waals surface area contributed by atoms with Crippen molar-refractivity contribution in [2.45, 2.75) is 52.7 Å². The Morgan fingerprint density at radius 2 is 1.71 bits per heavy atom. The molecule has 1 atom stereocenters. The smallest absolute Gasteiger partial charge is 0.259 e. The summed E-state index contributed by atoms with van der Waals surface area (Å²) in [4.78, 5) is 43.0. The molecule has 0 fully saturated rings. The molecule has 0 aliphatic carbocycles. The number of carbonyl (C=O) groups excluding carboxylic acids is 3. The Kier molecular flexibility index (Phi) is 6.17. The molecule has 0 spiro atoms. The molecule has 3 amide bonds. The van der Waals surface area contributed by atoms with Gasteiger partial charge in [0.05, 0.1) is 5.69 Å². The average molecular weight is 458 g/mol. The molecule has 0 unspecified atom stereocenters. The van der Waals surface area contributed by atoms with Gasteiger partial charge in [0.1, 0.15) is 12.6 Å². The van der Waals surface area contributed by atoms with Gasteiger partial charge < -0.3 is 10.2 Å². The summed E-state index contributed by atoms with van der Waals surface area (Å²) in [6.45, 7) is 9.59. The summed E-state index contributed by atoms with van der Waals surface area (Å²) in [5.41, 5.74) is 2.92. The van der Waals surface area contributed by atoms with E-state index in [1.54, 1.807) is 17.9 Å². The first-order valence-corrected chi connectivity index (χ1v) is 11.6. The quantitative estimate of drug-likeness (QED) is 0.595. The number of anilines is 1. The van der Waals surface area contributed by atoms with E-state index >= 15 is 0 Å². The number of hydrogen-bond donors (Lipinski definition) is 1. The Morgan fingerprint density at radius 1 is 1.03 bits per heavy atom. The molecule has 3 aromatic carbocycles. The number of hydrogen-bond acceptors (Lipinski definition) is 3. The van der Waals surface area contributed by atoms with Crippen LogP contribution in [0.4, 0.5) is 5.69 Å². The first kappa shape index (κ1) is 23.5. The highest BCUT2D eigenvalue weighted by molar-refractivity contribution is 6.26. The summed E-state index contributed by atoms with van der Waals surface area (Å²) >= 11 is 0. The fraction of sp³-hybridized carbons (Fsp3) is 0.321. The molecule has 0 saturated heterocycles. The Labute approximate surface area is 200 Å². The van der Waals surface area contributed by atoms with E-state index in [9.17, 15) is 14.4 Å². The van der Waals surface area contributed by atoms with E-state index in [1.165, 1.54) is 4.90 Å². The van der Waals surface area contributed by atoms with Gasteiger partial charge in [0.15, 0.2) is 0 Å². The lowest BCUT2D eigenvalue weighted by molar-refractivity contribution is -0.140. The molecule has 6 nitrogen and oxygen atoms in total. The molecule has 176 valence electrons. The highest BCUT2D eigenvalue weighted by Crippen LogP contribution is 2.37. The molecular formula is C28H31N3O3. The number of rotatable bonds is 6. The molecule has 1 N–H and O–H groups in total. The van der Waals surface area contributed by atoms with E-state index in [0.29, 0.717) is 5.56 Å². The van der Waals surface area contributed by atoms with Crippen LogP contribution < -0.4 is 10.2 Å². The number of nitrogens with one attached hydrogen (secondary N) is 1. The Morgan fingerprint density at radius 3 is 2.38 bits per heavy atom. The van der Waals surface area contributed by atoms with Crippen molar-refractivity contribution in [3.8, 4) is 0 Å². The van der Waals surface area contributed by atoms with Gasteiger partial charge in [0.2, 0.25) is 11.8 Å². The molecule has 6 heteroatoms. The van der Waals surface area contributed by atoms with Crippen LogP contribution in [0.5, 0.6) is 0 Å². The molecule has 1 heterocycles. The van der Waals surface area contributed by atoms with Gasteiger partial charge in [0.25, 0.3) is 5.91 Å². The maximum atomic E-state index is 13.7. The Balaban J connectivity index is 1.63. The van der Waals surface area contributed by atoms with E-state index in [0.717, 1.165) is 27.6 Å². The van der Waals surface area contributed by atoms with Gasteiger partial charge in [-0.05, 0) is 57.7 Å². The first-order valence-electron chi connectivity index (χ1n) is 11.6. The highest BCUT2D eigenvalue weighted by Gasteiger charge is 2.34. The third-order valence-corrected chi connectivity index (χ3v) is 6.04. The molecular weight excluding hydrogens is 426 g/mol. The van der Waals surface area contributed by atoms with Crippen LogP contribution in [0.3, 0.4) is 0 Å². The molecule has 4 rings (SSSR count). The highest BCUT2D eigenvalue weighted by atomic mass is 16.2. The minimum Gasteiger partial charge on any atom is -0.350 e. The van der Waals surface area contributed by atoms with Crippen LogP contribution in [0, 0.1) is 6.92 Å². The molecule has 1 aliphatic rings. The number of benzene rings is 3. The topological polar surface area (TPSA) is 69.7 Å². The van der Waals surface area contributed by atoms with Gasteiger partial charge in [-0.2, -0.15) is 0 Å². The second-order valence-corrected chi connectivity index (χ2v) is 10.00. The summed E-state index contributed by atoms with van der Waals surface area (Å²) < 4.78 is 0. The maximum absolute atomic E-state index is 13.7. The maximum Gasteiger partial charge on any atom is 0.259 e. The summed E-state index contributed by atoms with van der Waals surface area (Å²) in [5.74, 6) is -0.703. The lowest BCUT2D eigenvalue weighted by Crippen LogP contribution is -2.54. The van der Waals surface area contributed by atoms with Crippen molar-refractivity contribution in [2.75, 3.05) is 11.4 Å². The van der Waals surface area contributed by atoms with Crippen LogP contribution in [0.2, 0.25) is 0 Å². The summed E-state index contributed by atoms with van der Waals surface area (Å²) in [6.07, 6.45) is 0. The van der Waals surface area contributed by atoms with Crippen molar-refractivity contribution in [2.24, 2.45) is 0 Å². The van der Waals surface area contributed by atoms with Crippen LogP contribution in [0.1, 0.15) is 49.2 Å². The minimum atomic E-state index is -0.705. The van der Waals surface area contributed by atoms with Crippen molar-refractivity contribution in [3.63, 3.8) is 0 Å². The summed E-state index contributed by atoms with van der Waals surface area (Å²) in [6, 6.07) is 18.5. The molecule has 0 radical (unpaired) electrons. The molecule has 1 aliphatic heterocycles. The predicted octanol–water partition coefficient (Wildman–Crippen LogP) is 4.44. The molecule has 34 heavy (non-hydrogen) atoms. The van der Waals surface area contributed by atoms with Crippen LogP contribution in [0.15, 0.2) is 60.7 Å². The summed E-state index contributed by atoms with van der Waals surface area (Å²) in [5, 5.41) is 4.80. The second-order valence-electron chi connectivity index (χ2n) is 10.00. The predicted molar refractivity (Wildman–Crippen MR) is 135 cm³/mol. The van der Waals surface area contributed by atoms with Crippen LogP contribution in [-0.2, 0) is 16.1 Å². The van der Waals surface area contributed by atoms with Crippen molar-refractivity contribution in [1.29, 1.82) is 0 Å². The van der Waals surface area contributed by atoms with Crippen molar-refractivity contribution >= 4 is 34.2 Å². The molecule has 0 saturated carbocycles. The number of nitrogens with zero attached hydrogens (tertiary/aromatic N) is 2. The van der Waals surface area contributed by atoms with Gasteiger partial charge in [-0.15, -0.1) is 0 Å². The van der Waals surface area contributed by atoms with Crippen LogP contribution >= 0.6 is 0 Å². The summed E-state index contributed by atoms with van der Waals surface area (Å²) in [7, 11) is 0. The molecule has 0 bridgehead atoms. The fourth-order valence-electron chi connectivity index (χ4n) is 4.43. The van der Waals surface area contributed by atoms with E-state index in [1.807, 2.05) is 82.3 Å². The average Bonchev–Trinajstić information content (AvgIpc) is 3.04. The van der Waals surface area contributed by atoms with Gasteiger partial charge in [-0.25, -0.2) is 0 Å².